The van der Waals surface area contributed by atoms with E-state index < -0.39 is 0 Å². The Morgan fingerprint density at radius 1 is 1.36 bits per heavy atom. The molecule has 0 radical (unpaired) electrons. The number of ether oxygens (including phenoxy) is 1. The van der Waals surface area contributed by atoms with Gasteiger partial charge in [0.1, 0.15) is 5.75 Å². The first-order valence-corrected chi connectivity index (χ1v) is 8.52. The Bertz CT molecular complexity index is 811. The molecule has 0 heterocycles. The van der Waals surface area contributed by atoms with Crippen molar-refractivity contribution in [3.05, 3.63) is 58.1 Å². The summed E-state index contributed by atoms with van der Waals surface area (Å²) in [5.74, 6) is 0.262. The second kappa shape index (κ2) is 9.14. The zero-order valence-corrected chi connectivity index (χ0v) is 15.9. The highest BCUT2D eigenvalue weighted by Gasteiger charge is 2.08. The predicted octanol–water partition coefficient (Wildman–Crippen LogP) is 2.94. The molecular formula is C17H17BrN4O2S. The van der Waals surface area contributed by atoms with Gasteiger partial charge in [-0.15, -0.1) is 0 Å². The monoisotopic (exact) mass is 420 g/mol. The second-order valence-electron chi connectivity index (χ2n) is 5.07. The molecule has 0 aliphatic carbocycles. The van der Waals surface area contributed by atoms with Crippen molar-refractivity contribution in [2.45, 2.75) is 6.92 Å². The first kappa shape index (κ1) is 18.9. The highest BCUT2D eigenvalue weighted by atomic mass is 79.9. The number of aryl methyl sites for hydroxylation is 1. The van der Waals surface area contributed by atoms with Crippen LogP contribution in [0.4, 0.5) is 5.69 Å². The number of amides is 1. The van der Waals surface area contributed by atoms with Crippen molar-refractivity contribution in [2.75, 3.05) is 11.9 Å². The average molecular weight is 421 g/mol. The largest absolute Gasteiger partial charge is 0.483 e. The number of nitrogens with zero attached hydrogens (tertiary/aromatic N) is 1. The summed E-state index contributed by atoms with van der Waals surface area (Å²) in [4.78, 5) is 12.1. The maximum atomic E-state index is 12.1. The first-order chi connectivity index (χ1) is 12.0. The maximum absolute atomic E-state index is 12.1. The molecule has 2 aromatic carbocycles. The molecular weight excluding hydrogens is 404 g/mol. The Hall–Kier alpha value is -2.45. The van der Waals surface area contributed by atoms with E-state index in [1.165, 1.54) is 6.21 Å². The first-order valence-electron chi connectivity index (χ1n) is 7.32. The molecule has 0 unspecified atom stereocenters. The topological polar surface area (TPSA) is 88.7 Å². The van der Waals surface area contributed by atoms with Crippen LogP contribution in [-0.2, 0) is 4.79 Å². The van der Waals surface area contributed by atoms with Crippen LogP contribution in [0.15, 0.2) is 52.0 Å². The maximum Gasteiger partial charge on any atom is 0.262 e. The van der Waals surface area contributed by atoms with Gasteiger partial charge in [-0.25, -0.2) is 0 Å². The number of halogens is 1. The van der Waals surface area contributed by atoms with Gasteiger partial charge in [0.15, 0.2) is 11.7 Å². The molecule has 0 saturated heterocycles. The number of nitrogens with one attached hydrogen (secondary N) is 2. The molecule has 2 rings (SSSR count). The molecule has 0 aliphatic rings. The van der Waals surface area contributed by atoms with Gasteiger partial charge in [-0.1, -0.05) is 34.1 Å². The van der Waals surface area contributed by atoms with Gasteiger partial charge in [0.05, 0.1) is 6.21 Å². The summed E-state index contributed by atoms with van der Waals surface area (Å²) in [5, 5.41) is 6.78. The Balaban J connectivity index is 2.02. The van der Waals surface area contributed by atoms with Crippen molar-refractivity contribution in [2.24, 2.45) is 10.8 Å². The summed E-state index contributed by atoms with van der Waals surface area (Å²) in [5.41, 5.74) is 10.2. The minimum absolute atomic E-state index is 0.0614. The molecule has 0 aliphatic heterocycles. The van der Waals surface area contributed by atoms with E-state index in [0.29, 0.717) is 11.3 Å². The number of thiocarbonyl (C=S) groups is 1. The number of hydrazone groups is 1. The van der Waals surface area contributed by atoms with E-state index >= 15 is 0 Å². The number of nitrogens with two attached hydrogens (primary N) is 1. The van der Waals surface area contributed by atoms with E-state index in [1.54, 1.807) is 12.1 Å². The summed E-state index contributed by atoms with van der Waals surface area (Å²) < 4.78 is 6.46. The van der Waals surface area contributed by atoms with Crippen LogP contribution in [0.25, 0.3) is 0 Å². The van der Waals surface area contributed by atoms with Crippen molar-refractivity contribution in [3.8, 4) is 5.75 Å². The number of benzene rings is 2. The molecule has 6 nitrogen and oxygen atoms in total. The Labute approximate surface area is 159 Å². The summed E-state index contributed by atoms with van der Waals surface area (Å²) in [7, 11) is 0. The van der Waals surface area contributed by atoms with Crippen LogP contribution in [0.2, 0.25) is 0 Å². The lowest BCUT2D eigenvalue weighted by Gasteiger charge is -2.11. The summed E-state index contributed by atoms with van der Waals surface area (Å²) in [6.45, 7) is 1.80. The lowest BCUT2D eigenvalue weighted by Crippen LogP contribution is -2.24. The highest BCUT2D eigenvalue weighted by molar-refractivity contribution is 9.10. The number of hydrogen-bond acceptors (Lipinski definition) is 4. The molecule has 0 atom stereocenters. The van der Waals surface area contributed by atoms with E-state index in [9.17, 15) is 4.79 Å². The average Bonchev–Trinajstić information content (AvgIpc) is 2.56. The second-order valence-corrected chi connectivity index (χ2v) is 6.42. The minimum Gasteiger partial charge on any atom is -0.483 e. The van der Waals surface area contributed by atoms with Gasteiger partial charge in [-0.3, -0.25) is 10.2 Å². The van der Waals surface area contributed by atoms with Gasteiger partial charge < -0.3 is 15.8 Å². The van der Waals surface area contributed by atoms with Crippen LogP contribution >= 0.6 is 28.1 Å². The van der Waals surface area contributed by atoms with Gasteiger partial charge in [-0.2, -0.15) is 5.10 Å². The fraction of sp³-hybridized carbons (Fsp3) is 0.118. The molecule has 4 N–H and O–H groups in total. The van der Waals surface area contributed by atoms with Gasteiger partial charge in [0, 0.05) is 15.7 Å². The van der Waals surface area contributed by atoms with E-state index in [1.807, 2.05) is 37.3 Å². The van der Waals surface area contributed by atoms with E-state index in [2.05, 4.69) is 44.0 Å². The predicted molar refractivity (Wildman–Crippen MR) is 107 cm³/mol. The summed E-state index contributed by atoms with van der Waals surface area (Å²) in [6, 6.07) is 12.9. The van der Waals surface area contributed by atoms with Crippen LogP contribution in [-0.4, -0.2) is 23.8 Å². The smallest absolute Gasteiger partial charge is 0.262 e. The van der Waals surface area contributed by atoms with Crippen LogP contribution < -0.4 is 21.2 Å². The van der Waals surface area contributed by atoms with Gasteiger partial charge >= 0.3 is 0 Å². The van der Waals surface area contributed by atoms with Crippen molar-refractivity contribution < 1.29 is 9.53 Å². The van der Waals surface area contributed by atoms with E-state index in [-0.39, 0.29) is 17.6 Å². The lowest BCUT2D eigenvalue weighted by atomic mass is 10.2. The fourth-order valence-electron chi connectivity index (χ4n) is 1.96. The molecule has 1 amide bonds. The fourth-order valence-corrected chi connectivity index (χ4v) is 2.39. The van der Waals surface area contributed by atoms with Crippen molar-refractivity contribution >= 4 is 51.1 Å². The van der Waals surface area contributed by atoms with Crippen LogP contribution in [0, 0.1) is 6.92 Å². The minimum atomic E-state index is -0.249. The van der Waals surface area contributed by atoms with Crippen LogP contribution in [0.1, 0.15) is 11.1 Å². The number of rotatable bonds is 6. The third kappa shape index (κ3) is 6.17. The normalized spacial score (nSPS) is 10.5. The Morgan fingerprint density at radius 3 is 2.84 bits per heavy atom. The summed E-state index contributed by atoms with van der Waals surface area (Å²) >= 11 is 8.07. The van der Waals surface area contributed by atoms with Gasteiger partial charge in [-0.05, 0) is 49.0 Å². The SMILES string of the molecule is Cc1ccccc1NC(=O)COc1ccc(Br)cc1/C=N/NC(N)=S. The van der Waals surface area contributed by atoms with E-state index in [4.69, 9.17) is 10.5 Å². The third-order valence-corrected chi connectivity index (χ3v) is 3.71. The van der Waals surface area contributed by atoms with Crippen molar-refractivity contribution in [1.29, 1.82) is 0 Å². The number of para-hydroxylation sites is 1. The molecule has 0 fully saturated rings. The van der Waals surface area contributed by atoms with Crippen LogP contribution in [0.3, 0.4) is 0 Å². The lowest BCUT2D eigenvalue weighted by molar-refractivity contribution is -0.118. The Morgan fingerprint density at radius 2 is 2.12 bits per heavy atom. The van der Waals surface area contributed by atoms with Gasteiger partial charge in [0.25, 0.3) is 5.91 Å². The zero-order chi connectivity index (χ0) is 18.2. The van der Waals surface area contributed by atoms with Crippen molar-refractivity contribution in [3.63, 3.8) is 0 Å². The number of hydrogen-bond donors (Lipinski definition) is 3. The van der Waals surface area contributed by atoms with E-state index in [0.717, 1.165) is 15.7 Å². The molecule has 0 saturated carbocycles. The van der Waals surface area contributed by atoms with Gasteiger partial charge in [0.2, 0.25) is 0 Å². The molecule has 0 aromatic heterocycles. The Kier molecular flexibility index (Phi) is 6.91. The number of anilines is 1. The highest BCUT2D eigenvalue weighted by Crippen LogP contribution is 2.22. The molecule has 0 spiro atoms. The molecule has 25 heavy (non-hydrogen) atoms. The molecule has 130 valence electrons. The molecule has 0 bridgehead atoms. The quantitative estimate of drug-likeness (QED) is 0.379. The number of carbonyl (C=O) groups is 1. The number of carbonyl (C=O) groups excluding carboxylic acids is 1. The summed E-state index contributed by atoms with van der Waals surface area (Å²) in [6.07, 6.45) is 1.51. The third-order valence-electron chi connectivity index (χ3n) is 3.13. The standard InChI is InChI=1S/C17H17BrN4O2S/c1-11-4-2-3-5-14(11)21-16(23)10-24-15-7-6-13(18)8-12(15)9-20-22-17(19)25/h2-9H,10H2,1H3,(H,21,23)(H3,19,22,25)/b20-9+. The zero-order valence-electron chi connectivity index (χ0n) is 13.5. The van der Waals surface area contributed by atoms with Crippen LogP contribution in [0.5, 0.6) is 5.75 Å². The van der Waals surface area contributed by atoms with Crippen molar-refractivity contribution in [1.82, 2.24) is 5.43 Å². The molecule has 2 aromatic rings. The molecule has 8 heteroatoms.